The van der Waals surface area contributed by atoms with Gasteiger partial charge in [-0.05, 0) is 24.1 Å². The lowest BCUT2D eigenvalue weighted by molar-refractivity contribution is -0.139. The Morgan fingerprint density at radius 2 is 1.87 bits per heavy atom. The van der Waals surface area contributed by atoms with E-state index in [9.17, 15) is 14.7 Å². The van der Waals surface area contributed by atoms with Crippen molar-refractivity contribution in [3.05, 3.63) is 81.0 Å². The van der Waals surface area contributed by atoms with Crippen LogP contribution in [0.2, 0.25) is 10.0 Å². The van der Waals surface area contributed by atoms with Gasteiger partial charge < -0.3 is 5.11 Å². The quantitative estimate of drug-likeness (QED) is 0.751. The van der Waals surface area contributed by atoms with E-state index in [1.54, 1.807) is 25.1 Å². The van der Waals surface area contributed by atoms with Crippen LogP contribution in [-0.4, -0.2) is 40.6 Å². The van der Waals surface area contributed by atoms with Crippen LogP contribution in [0.5, 0.6) is 0 Å². The summed E-state index contributed by atoms with van der Waals surface area (Å²) in [4.78, 5) is 31.9. The molecule has 2 aliphatic heterocycles. The summed E-state index contributed by atoms with van der Waals surface area (Å²) in [6.45, 7) is 2.97. The van der Waals surface area contributed by atoms with Gasteiger partial charge in [0.05, 0.1) is 22.3 Å². The number of ketones is 1. The number of hydrogen-bond acceptors (Lipinski definition) is 4. The predicted octanol–water partition coefficient (Wildman–Crippen LogP) is 4.59. The highest BCUT2D eigenvalue weighted by molar-refractivity contribution is 6.42. The lowest BCUT2D eigenvalue weighted by Gasteiger charge is -2.37. The Labute approximate surface area is 184 Å². The first-order valence-electron chi connectivity index (χ1n) is 9.61. The van der Waals surface area contributed by atoms with Gasteiger partial charge in [-0.2, -0.15) is 0 Å². The SMILES string of the molecule is CC1=NC2=C(C(=O)CN(Cc3ccccc3)C2)C(c2cccc(Cl)c2Cl)C1C(=O)O. The standard InChI is InChI=1S/C23H20Cl2N2O3/c1-13-19(23(29)30)20(15-8-5-9-16(24)22(15)25)21-17(26-13)11-27(12-18(21)28)10-14-6-3-2-4-7-14/h2-9,19-20H,10-12H2,1H3,(H,29,30). The topological polar surface area (TPSA) is 70.0 Å². The van der Waals surface area contributed by atoms with Crippen LogP contribution in [0.15, 0.2) is 64.8 Å². The van der Waals surface area contributed by atoms with Gasteiger partial charge in [0, 0.05) is 30.3 Å². The molecule has 0 aromatic heterocycles. The largest absolute Gasteiger partial charge is 0.481 e. The molecule has 2 unspecified atom stereocenters. The second-order valence-electron chi connectivity index (χ2n) is 7.60. The number of carbonyl (C=O) groups is 2. The molecular weight excluding hydrogens is 423 g/mol. The van der Waals surface area contributed by atoms with Crippen molar-refractivity contribution in [1.29, 1.82) is 0 Å². The molecule has 2 aromatic carbocycles. The van der Waals surface area contributed by atoms with E-state index in [0.29, 0.717) is 40.7 Å². The van der Waals surface area contributed by atoms with E-state index in [1.807, 2.05) is 35.2 Å². The predicted molar refractivity (Wildman–Crippen MR) is 117 cm³/mol. The van der Waals surface area contributed by atoms with Crippen molar-refractivity contribution in [2.24, 2.45) is 10.9 Å². The first kappa shape index (κ1) is 20.8. The molecule has 0 aliphatic carbocycles. The molecule has 2 heterocycles. The molecule has 2 atom stereocenters. The summed E-state index contributed by atoms with van der Waals surface area (Å²) >= 11 is 12.7. The number of carboxylic acid groups (broad SMARTS) is 1. The molecule has 1 N–H and O–H groups in total. The Morgan fingerprint density at radius 1 is 1.13 bits per heavy atom. The van der Waals surface area contributed by atoms with Crippen LogP contribution < -0.4 is 0 Å². The number of hydrogen-bond donors (Lipinski definition) is 1. The summed E-state index contributed by atoms with van der Waals surface area (Å²) in [6.07, 6.45) is 0. The molecule has 4 rings (SSSR count). The lowest BCUT2D eigenvalue weighted by atomic mass is 9.73. The third kappa shape index (κ3) is 3.81. The molecule has 0 saturated heterocycles. The third-order valence-corrected chi connectivity index (χ3v) is 6.42. The maximum absolute atomic E-state index is 13.2. The van der Waals surface area contributed by atoms with Gasteiger partial charge in [-0.15, -0.1) is 0 Å². The first-order valence-corrected chi connectivity index (χ1v) is 10.4. The molecule has 7 heteroatoms. The summed E-state index contributed by atoms with van der Waals surface area (Å²) in [5.74, 6) is -2.85. The van der Waals surface area contributed by atoms with E-state index in [0.717, 1.165) is 5.56 Å². The van der Waals surface area contributed by atoms with Crippen LogP contribution in [0.4, 0.5) is 0 Å². The van der Waals surface area contributed by atoms with Gasteiger partial charge in [-0.25, -0.2) is 0 Å². The van der Waals surface area contributed by atoms with Crippen LogP contribution >= 0.6 is 23.2 Å². The molecule has 2 aliphatic rings. The van der Waals surface area contributed by atoms with Crippen molar-refractivity contribution in [2.75, 3.05) is 13.1 Å². The molecule has 0 radical (unpaired) electrons. The highest BCUT2D eigenvalue weighted by Gasteiger charge is 2.44. The Bertz CT molecular complexity index is 1080. The van der Waals surface area contributed by atoms with Crippen LogP contribution in [0.3, 0.4) is 0 Å². The monoisotopic (exact) mass is 442 g/mol. The number of nitrogens with zero attached hydrogens (tertiary/aromatic N) is 2. The number of carboxylic acids is 1. The van der Waals surface area contributed by atoms with Gasteiger partial charge >= 0.3 is 5.97 Å². The van der Waals surface area contributed by atoms with Crippen LogP contribution in [0.1, 0.15) is 24.0 Å². The number of aliphatic carboxylic acids is 1. The molecule has 154 valence electrons. The fourth-order valence-corrected chi connectivity index (χ4v) is 4.74. The van der Waals surface area contributed by atoms with Crippen molar-refractivity contribution < 1.29 is 14.7 Å². The first-order chi connectivity index (χ1) is 14.4. The zero-order chi connectivity index (χ0) is 21.4. The zero-order valence-corrected chi connectivity index (χ0v) is 17.8. The molecule has 0 saturated carbocycles. The van der Waals surface area contributed by atoms with Crippen LogP contribution in [-0.2, 0) is 16.1 Å². The number of halogens is 2. The zero-order valence-electron chi connectivity index (χ0n) is 16.3. The Kier molecular flexibility index (Phi) is 5.78. The lowest BCUT2D eigenvalue weighted by Crippen LogP contribution is -2.43. The molecule has 0 spiro atoms. The normalized spacial score (nSPS) is 22.0. The van der Waals surface area contributed by atoms with E-state index >= 15 is 0 Å². The van der Waals surface area contributed by atoms with Gasteiger partial charge in [0.2, 0.25) is 0 Å². The summed E-state index contributed by atoms with van der Waals surface area (Å²) in [5, 5.41) is 10.5. The Morgan fingerprint density at radius 3 is 2.57 bits per heavy atom. The number of carbonyl (C=O) groups excluding carboxylic acids is 1. The minimum atomic E-state index is -1.04. The molecule has 0 fully saturated rings. The van der Waals surface area contributed by atoms with Crippen molar-refractivity contribution in [1.82, 2.24) is 4.90 Å². The minimum absolute atomic E-state index is 0.129. The molecule has 2 aromatic rings. The van der Waals surface area contributed by atoms with E-state index in [4.69, 9.17) is 23.2 Å². The van der Waals surface area contributed by atoms with Crippen molar-refractivity contribution >= 4 is 40.7 Å². The third-order valence-electron chi connectivity index (χ3n) is 5.59. The molecular formula is C23H20Cl2N2O3. The van der Waals surface area contributed by atoms with Gasteiger partial charge in [-0.3, -0.25) is 19.5 Å². The van der Waals surface area contributed by atoms with Crippen molar-refractivity contribution in [2.45, 2.75) is 19.4 Å². The fraction of sp³-hybridized carbons (Fsp3) is 0.261. The maximum atomic E-state index is 13.2. The molecule has 0 bridgehead atoms. The average molecular weight is 443 g/mol. The van der Waals surface area contributed by atoms with E-state index in [-0.39, 0.29) is 17.4 Å². The summed E-state index contributed by atoms with van der Waals surface area (Å²) in [5.41, 5.74) is 3.14. The van der Waals surface area contributed by atoms with E-state index < -0.39 is 17.8 Å². The minimum Gasteiger partial charge on any atom is -0.481 e. The number of aliphatic imine (C=N–C) groups is 1. The Balaban J connectivity index is 1.77. The molecule has 30 heavy (non-hydrogen) atoms. The molecule has 0 amide bonds. The fourth-order valence-electron chi connectivity index (χ4n) is 4.31. The smallest absolute Gasteiger partial charge is 0.313 e. The second-order valence-corrected chi connectivity index (χ2v) is 8.39. The van der Waals surface area contributed by atoms with Crippen LogP contribution in [0, 0.1) is 5.92 Å². The second kappa shape index (κ2) is 8.34. The summed E-state index contributed by atoms with van der Waals surface area (Å²) in [6, 6.07) is 15.0. The number of benzene rings is 2. The van der Waals surface area contributed by atoms with Gasteiger partial charge in [0.1, 0.15) is 5.92 Å². The van der Waals surface area contributed by atoms with Gasteiger partial charge in [0.15, 0.2) is 5.78 Å². The van der Waals surface area contributed by atoms with E-state index in [1.165, 1.54) is 0 Å². The highest BCUT2D eigenvalue weighted by Crippen LogP contribution is 2.44. The van der Waals surface area contributed by atoms with Crippen molar-refractivity contribution in [3.63, 3.8) is 0 Å². The highest BCUT2D eigenvalue weighted by atomic mass is 35.5. The maximum Gasteiger partial charge on any atom is 0.313 e. The van der Waals surface area contributed by atoms with Gasteiger partial charge in [-0.1, -0.05) is 65.7 Å². The number of rotatable bonds is 4. The van der Waals surface area contributed by atoms with Crippen LogP contribution in [0.25, 0.3) is 0 Å². The number of Topliss-reactive ketones (excluding diaryl/α,β-unsaturated/α-hetero) is 1. The van der Waals surface area contributed by atoms with E-state index in [2.05, 4.69) is 4.99 Å². The molecule has 5 nitrogen and oxygen atoms in total. The Hall–Kier alpha value is -2.47. The average Bonchev–Trinajstić information content (AvgIpc) is 2.69. The van der Waals surface area contributed by atoms with Gasteiger partial charge in [0.25, 0.3) is 0 Å². The summed E-state index contributed by atoms with van der Waals surface area (Å²) < 4.78 is 0. The summed E-state index contributed by atoms with van der Waals surface area (Å²) in [7, 11) is 0. The van der Waals surface area contributed by atoms with Crippen molar-refractivity contribution in [3.8, 4) is 0 Å².